The maximum Gasteiger partial charge on any atom is 0.252 e. The summed E-state index contributed by atoms with van der Waals surface area (Å²) in [5.41, 5.74) is 0.474. The Bertz CT molecular complexity index is 277. The van der Waals surface area contributed by atoms with Crippen molar-refractivity contribution in [2.24, 2.45) is 5.14 Å². The first-order valence-electron chi connectivity index (χ1n) is 2.90. The first-order chi connectivity index (χ1) is 5.24. The molecule has 0 fully saturated rings. The molecule has 0 aliphatic carbocycles. The lowest BCUT2D eigenvalue weighted by molar-refractivity contribution is 0.108. The highest BCUT2D eigenvalue weighted by atomic mass is 35.5. The average molecular weight is 188 g/mol. The predicted octanol–water partition coefficient (Wildman–Crippen LogP) is 2.03. The standard InChI is InChI=1S/C7H6ClNOS/c8-7(10)5-2-1-3-6(4-5)11-9/h1-4H,9H2. The van der Waals surface area contributed by atoms with Crippen molar-refractivity contribution in [3.8, 4) is 0 Å². The fourth-order valence-corrected chi connectivity index (χ4v) is 1.16. The van der Waals surface area contributed by atoms with Gasteiger partial charge in [-0.3, -0.25) is 9.93 Å². The Kier molecular flexibility index (Phi) is 2.93. The van der Waals surface area contributed by atoms with Crippen LogP contribution in [0.4, 0.5) is 0 Å². The second kappa shape index (κ2) is 3.76. The molecule has 0 aliphatic rings. The highest BCUT2D eigenvalue weighted by molar-refractivity contribution is 7.97. The van der Waals surface area contributed by atoms with Crippen molar-refractivity contribution >= 4 is 28.8 Å². The fraction of sp³-hybridized carbons (Fsp3) is 0. The van der Waals surface area contributed by atoms with Crippen LogP contribution in [0.2, 0.25) is 0 Å². The van der Waals surface area contributed by atoms with Crippen LogP contribution in [0.3, 0.4) is 0 Å². The third-order valence-electron chi connectivity index (χ3n) is 1.20. The monoisotopic (exact) mass is 187 g/mol. The first kappa shape index (κ1) is 8.59. The molecule has 4 heteroatoms. The van der Waals surface area contributed by atoms with Crippen molar-refractivity contribution in [2.45, 2.75) is 4.90 Å². The van der Waals surface area contributed by atoms with Gasteiger partial charge in [-0.15, -0.1) is 0 Å². The van der Waals surface area contributed by atoms with Gasteiger partial charge in [0.1, 0.15) is 0 Å². The van der Waals surface area contributed by atoms with Crippen molar-refractivity contribution in [3.63, 3.8) is 0 Å². The molecule has 0 heterocycles. The Hall–Kier alpha value is -0.510. The zero-order chi connectivity index (χ0) is 8.27. The van der Waals surface area contributed by atoms with E-state index in [0.29, 0.717) is 5.56 Å². The van der Waals surface area contributed by atoms with Crippen LogP contribution in [0.15, 0.2) is 29.2 Å². The van der Waals surface area contributed by atoms with Gasteiger partial charge in [0, 0.05) is 10.5 Å². The molecule has 11 heavy (non-hydrogen) atoms. The number of rotatable bonds is 2. The SMILES string of the molecule is NSc1cccc(C(=O)Cl)c1. The van der Waals surface area contributed by atoms with E-state index in [1.54, 1.807) is 18.2 Å². The maximum absolute atomic E-state index is 10.6. The molecule has 1 aromatic rings. The van der Waals surface area contributed by atoms with Gasteiger partial charge in [0.15, 0.2) is 0 Å². The first-order valence-corrected chi connectivity index (χ1v) is 4.16. The molecule has 0 radical (unpaired) electrons. The summed E-state index contributed by atoms with van der Waals surface area (Å²) in [4.78, 5) is 11.5. The average Bonchev–Trinajstić information content (AvgIpc) is 2.05. The molecule has 2 N–H and O–H groups in total. The second-order valence-corrected chi connectivity index (χ2v) is 2.97. The molecule has 58 valence electrons. The van der Waals surface area contributed by atoms with Gasteiger partial charge in [-0.25, -0.2) is 0 Å². The minimum absolute atomic E-state index is 0.457. The lowest BCUT2D eigenvalue weighted by atomic mass is 10.2. The minimum Gasteiger partial charge on any atom is -0.276 e. The van der Waals surface area contributed by atoms with E-state index >= 15 is 0 Å². The van der Waals surface area contributed by atoms with Gasteiger partial charge < -0.3 is 0 Å². The molecule has 0 amide bonds. The normalized spacial score (nSPS) is 9.64. The largest absolute Gasteiger partial charge is 0.276 e. The Balaban J connectivity index is 3.01. The topological polar surface area (TPSA) is 43.1 Å². The third-order valence-corrected chi connectivity index (χ3v) is 1.94. The Labute approximate surface area is 73.9 Å². The van der Waals surface area contributed by atoms with E-state index in [4.69, 9.17) is 16.7 Å². The molecule has 0 bridgehead atoms. The molecule has 1 rings (SSSR count). The van der Waals surface area contributed by atoms with E-state index in [2.05, 4.69) is 0 Å². The zero-order valence-corrected chi connectivity index (χ0v) is 7.15. The molecule has 0 aliphatic heterocycles. The Morgan fingerprint density at radius 1 is 1.55 bits per heavy atom. The van der Waals surface area contributed by atoms with Gasteiger partial charge >= 0.3 is 0 Å². The molecule has 0 unspecified atom stereocenters. The summed E-state index contributed by atoms with van der Waals surface area (Å²) in [6, 6.07) is 6.86. The molecule has 0 atom stereocenters. The van der Waals surface area contributed by atoms with Crippen LogP contribution in [0.25, 0.3) is 0 Å². The van der Waals surface area contributed by atoms with E-state index in [1.165, 1.54) is 0 Å². The lowest BCUT2D eigenvalue weighted by Gasteiger charge is -1.96. The number of carbonyl (C=O) groups excluding carboxylic acids is 1. The van der Waals surface area contributed by atoms with Crippen LogP contribution >= 0.6 is 23.5 Å². The molecule has 0 saturated heterocycles. The number of carbonyl (C=O) groups is 1. The molecule has 0 saturated carbocycles. The van der Waals surface area contributed by atoms with E-state index in [1.807, 2.05) is 6.07 Å². The summed E-state index contributed by atoms with van der Waals surface area (Å²) in [6.07, 6.45) is 0. The quantitative estimate of drug-likeness (QED) is 0.569. The van der Waals surface area contributed by atoms with Crippen molar-refractivity contribution in [3.05, 3.63) is 29.8 Å². The van der Waals surface area contributed by atoms with Crippen LogP contribution < -0.4 is 5.14 Å². The maximum atomic E-state index is 10.6. The van der Waals surface area contributed by atoms with Crippen molar-refractivity contribution in [1.82, 2.24) is 0 Å². The smallest absolute Gasteiger partial charge is 0.252 e. The molecule has 2 nitrogen and oxygen atoms in total. The Morgan fingerprint density at radius 2 is 2.27 bits per heavy atom. The van der Waals surface area contributed by atoms with Crippen LogP contribution in [-0.4, -0.2) is 5.24 Å². The van der Waals surface area contributed by atoms with Crippen molar-refractivity contribution in [2.75, 3.05) is 0 Å². The van der Waals surface area contributed by atoms with E-state index in [0.717, 1.165) is 16.8 Å². The van der Waals surface area contributed by atoms with Crippen LogP contribution in [0.5, 0.6) is 0 Å². The predicted molar refractivity (Wildman–Crippen MR) is 46.7 cm³/mol. The number of benzene rings is 1. The lowest BCUT2D eigenvalue weighted by Crippen LogP contribution is -1.88. The van der Waals surface area contributed by atoms with Gasteiger partial charge in [-0.2, -0.15) is 0 Å². The molecular formula is C7H6ClNOS. The number of halogens is 1. The Morgan fingerprint density at radius 3 is 2.82 bits per heavy atom. The van der Waals surface area contributed by atoms with Gasteiger partial charge in [-0.05, 0) is 35.7 Å². The number of hydrogen-bond acceptors (Lipinski definition) is 3. The highest BCUT2D eigenvalue weighted by Crippen LogP contribution is 2.14. The van der Waals surface area contributed by atoms with E-state index in [9.17, 15) is 4.79 Å². The van der Waals surface area contributed by atoms with Gasteiger partial charge in [-0.1, -0.05) is 12.1 Å². The number of hydrogen-bond donors (Lipinski definition) is 1. The highest BCUT2D eigenvalue weighted by Gasteiger charge is 2.00. The summed E-state index contributed by atoms with van der Waals surface area (Å²) in [7, 11) is 0. The summed E-state index contributed by atoms with van der Waals surface area (Å²) >= 11 is 6.33. The summed E-state index contributed by atoms with van der Waals surface area (Å²) in [6.45, 7) is 0. The van der Waals surface area contributed by atoms with Gasteiger partial charge in [0.05, 0.1) is 0 Å². The van der Waals surface area contributed by atoms with Gasteiger partial charge in [0.2, 0.25) is 0 Å². The third kappa shape index (κ3) is 2.22. The fourth-order valence-electron chi connectivity index (χ4n) is 0.692. The van der Waals surface area contributed by atoms with Crippen molar-refractivity contribution in [1.29, 1.82) is 0 Å². The van der Waals surface area contributed by atoms with Crippen LogP contribution in [-0.2, 0) is 0 Å². The van der Waals surface area contributed by atoms with Crippen LogP contribution in [0, 0.1) is 0 Å². The molecule has 0 spiro atoms. The van der Waals surface area contributed by atoms with Gasteiger partial charge in [0.25, 0.3) is 5.24 Å². The van der Waals surface area contributed by atoms with E-state index in [-0.39, 0.29) is 0 Å². The van der Waals surface area contributed by atoms with Crippen LogP contribution in [0.1, 0.15) is 10.4 Å². The molecule has 1 aromatic carbocycles. The molecule has 0 aromatic heterocycles. The summed E-state index contributed by atoms with van der Waals surface area (Å²) < 4.78 is 0. The minimum atomic E-state index is -0.457. The second-order valence-electron chi connectivity index (χ2n) is 1.92. The van der Waals surface area contributed by atoms with Crippen molar-refractivity contribution < 1.29 is 4.79 Å². The molecular weight excluding hydrogens is 182 g/mol. The zero-order valence-electron chi connectivity index (χ0n) is 5.58. The number of nitrogens with two attached hydrogens (primary N) is 1. The summed E-state index contributed by atoms with van der Waals surface area (Å²) in [5.74, 6) is 0. The summed E-state index contributed by atoms with van der Waals surface area (Å²) in [5, 5.41) is 4.82. The van der Waals surface area contributed by atoms with E-state index < -0.39 is 5.24 Å².